The summed E-state index contributed by atoms with van der Waals surface area (Å²) in [4.78, 5) is 0. The topological polar surface area (TPSA) is 35.3 Å². The third-order valence-electron chi connectivity index (χ3n) is 1.47. The minimum absolute atomic E-state index is 0.590. The fourth-order valence-electron chi connectivity index (χ4n) is 0.900. The van der Waals surface area contributed by atoms with Gasteiger partial charge in [0, 0.05) is 0 Å². The van der Waals surface area contributed by atoms with Gasteiger partial charge < -0.3 is 9.26 Å². The Bertz CT molecular complexity index is 386. The van der Waals surface area contributed by atoms with E-state index in [1.54, 1.807) is 0 Å². The monoisotopic (exact) mass is 239 g/mol. The van der Waals surface area contributed by atoms with Gasteiger partial charge in [-0.15, -0.1) is 0 Å². The van der Waals surface area contributed by atoms with Crippen molar-refractivity contribution in [2.45, 2.75) is 0 Å². The van der Waals surface area contributed by atoms with E-state index in [4.69, 9.17) is 4.74 Å². The molecule has 0 spiro atoms. The van der Waals surface area contributed by atoms with Gasteiger partial charge in [0.2, 0.25) is 0 Å². The highest BCUT2D eigenvalue weighted by atomic mass is 79.9. The minimum atomic E-state index is 0.590. The van der Waals surface area contributed by atoms with Crippen molar-refractivity contribution in [3.63, 3.8) is 0 Å². The maximum atomic E-state index is 5.45. The maximum absolute atomic E-state index is 5.45. The van der Waals surface area contributed by atoms with Crippen molar-refractivity contribution in [2.24, 2.45) is 0 Å². The minimum Gasteiger partial charge on any atom is -0.451 e. The van der Waals surface area contributed by atoms with Gasteiger partial charge in [0.25, 0.3) is 0 Å². The molecule has 0 atom stereocenters. The Kier molecular flexibility index (Phi) is 2.31. The van der Waals surface area contributed by atoms with Crippen LogP contribution in [0.2, 0.25) is 0 Å². The molecule has 0 amide bonds. The van der Waals surface area contributed by atoms with Gasteiger partial charge in [0.15, 0.2) is 12.0 Å². The standard InChI is InChI=1S/C9H6BrNO2/c10-8-3-1-2-4-9(8)13-7-5-11-12-6-7/h1-6H. The summed E-state index contributed by atoms with van der Waals surface area (Å²) in [6.45, 7) is 0. The maximum Gasteiger partial charge on any atom is 0.186 e. The van der Waals surface area contributed by atoms with Gasteiger partial charge in [-0.05, 0) is 28.1 Å². The highest BCUT2D eigenvalue weighted by molar-refractivity contribution is 9.10. The number of hydrogen-bond donors (Lipinski definition) is 0. The molecule has 0 fully saturated rings. The molecular weight excluding hydrogens is 234 g/mol. The van der Waals surface area contributed by atoms with Gasteiger partial charge in [-0.1, -0.05) is 17.3 Å². The molecule has 0 unspecified atom stereocenters. The van der Waals surface area contributed by atoms with E-state index < -0.39 is 0 Å². The van der Waals surface area contributed by atoms with E-state index in [9.17, 15) is 0 Å². The van der Waals surface area contributed by atoms with Gasteiger partial charge >= 0.3 is 0 Å². The van der Waals surface area contributed by atoms with Crippen LogP contribution in [0.25, 0.3) is 0 Å². The molecule has 0 bridgehead atoms. The van der Waals surface area contributed by atoms with Crippen LogP contribution in [0, 0.1) is 0 Å². The molecule has 0 N–H and O–H groups in total. The first kappa shape index (κ1) is 8.31. The van der Waals surface area contributed by atoms with Crippen LogP contribution in [0.5, 0.6) is 11.5 Å². The molecule has 66 valence electrons. The highest BCUT2D eigenvalue weighted by Gasteiger charge is 2.02. The molecule has 1 heterocycles. The van der Waals surface area contributed by atoms with Gasteiger partial charge in [0.1, 0.15) is 11.9 Å². The average molecular weight is 240 g/mol. The van der Waals surface area contributed by atoms with Crippen molar-refractivity contribution < 1.29 is 9.26 Å². The molecule has 1 aromatic carbocycles. The lowest BCUT2D eigenvalue weighted by Crippen LogP contribution is -1.81. The smallest absolute Gasteiger partial charge is 0.186 e. The highest BCUT2D eigenvalue weighted by Crippen LogP contribution is 2.28. The van der Waals surface area contributed by atoms with Crippen LogP contribution in [0.3, 0.4) is 0 Å². The Morgan fingerprint density at radius 1 is 1.31 bits per heavy atom. The Balaban J connectivity index is 2.24. The first-order valence-corrected chi connectivity index (χ1v) is 4.47. The van der Waals surface area contributed by atoms with Gasteiger partial charge in [-0.2, -0.15) is 0 Å². The second-order valence-electron chi connectivity index (χ2n) is 2.39. The number of benzene rings is 1. The summed E-state index contributed by atoms with van der Waals surface area (Å²) in [6, 6.07) is 7.58. The van der Waals surface area contributed by atoms with E-state index in [2.05, 4.69) is 25.6 Å². The summed E-state index contributed by atoms with van der Waals surface area (Å²) >= 11 is 3.37. The predicted molar refractivity (Wildman–Crippen MR) is 50.7 cm³/mol. The van der Waals surface area contributed by atoms with Crippen LogP contribution >= 0.6 is 15.9 Å². The molecule has 0 aliphatic carbocycles. The number of nitrogens with zero attached hydrogens (tertiary/aromatic N) is 1. The van der Waals surface area contributed by atoms with Gasteiger partial charge in [0.05, 0.1) is 4.47 Å². The molecule has 2 aromatic rings. The summed E-state index contributed by atoms with van der Waals surface area (Å²) < 4.78 is 11.0. The van der Waals surface area contributed by atoms with E-state index >= 15 is 0 Å². The lowest BCUT2D eigenvalue weighted by molar-refractivity contribution is 0.409. The van der Waals surface area contributed by atoms with Crippen molar-refractivity contribution in [3.8, 4) is 11.5 Å². The van der Waals surface area contributed by atoms with E-state index in [1.165, 1.54) is 12.5 Å². The number of halogens is 1. The zero-order valence-corrected chi connectivity index (χ0v) is 8.19. The summed E-state index contributed by atoms with van der Waals surface area (Å²) in [7, 11) is 0. The SMILES string of the molecule is Brc1ccccc1Oc1cnoc1. The van der Waals surface area contributed by atoms with Crippen molar-refractivity contribution in [1.82, 2.24) is 5.16 Å². The molecule has 1 aromatic heterocycles. The van der Waals surface area contributed by atoms with E-state index in [-0.39, 0.29) is 0 Å². The molecule has 3 nitrogen and oxygen atoms in total. The largest absolute Gasteiger partial charge is 0.451 e. The van der Waals surface area contributed by atoms with E-state index in [0.29, 0.717) is 5.75 Å². The Morgan fingerprint density at radius 3 is 2.85 bits per heavy atom. The lowest BCUT2D eigenvalue weighted by atomic mass is 10.3. The van der Waals surface area contributed by atoms with E-state index in [0.717, 1.165) is 10.2 Å². The third kappa shape index (κ3) is 1.89. The second kappa shape index (κ2) is 3.62. The van der Waals surface area contributed by atoms with Crippen LogP contribution in [0.1, 0.15) is 0 Å². The summed E-state index contributed by atoms with van der Waals surface area (Å²) in [5.41, 5.74) is 0. The quantitative estimate of drug-likeness (QED) is 0.808. The molecule has 2 rings (SSSR count). The predicted octanol–water partition coefficient (Wildman–Crippen LogP) is 3.23. The first-order valence-electron chi connectivity index (χ1n) is 3.68. The average Bonchev–Trinajstić information content (AvgIpc) is 2.61. The summed E-state index contributed by atoms with van der Waals surface area (Å²) in [5.74, 6) is 1.33. The van der Waals surface area contributed by atoms with Crippen molar-refractivity contribution >= 4 is 15.9 Å². The molecule has 4 heteroatoms. The number of para-hydroxylation sites is 1. The van der Waals surface area contributed by atoms with Crippen LogP contribution < -0.4 is 4.74 Å². The summed E-state index contributed by atoms with van der Waals surface area (Å²) in [5, 5.41) is 3.53. The van der Waals surface area contributed by atoms with Gasteiger partial charge in [-0.3, -0.25) is 0 Å². The summed E-state index contributed by atoms with van der Waals surface area (Å²) in [6.07, 6.45) is 2.96. The second-order valence-corrected chi connectivity index (χ2v) is 3.25. The van der Waals surface area contributed by atoms with Crippen LogP contribution in [-0.2, 0) is 0 Å². The molecular formula is C9H6BrNO2. The Labute approximate surface area is 83.4 Å². The third-order valence-corrected chi connectivity index (χ3v) is 2.13. The fourth-order valence-corrected chi connectivity index (χ4v) is 1.27. The zero-order valence-electron chi connectivity index (χ0n) is 6.61. The number of ether oxygens (including phenoxy) is 1. The number of rotatable bonds is 2. The number of aromatic nitrogens is 1. The zero-order chi connectivity index (χ0) is 9.10. The van der Waals surface area contributed by atoms with Crippen LogP contribution in [-0.4, -0.2) is 5.16 Å². The van der Waals surface area contributed by atoms with Crippen LogP contribution in [0.4, 0.5) is 0 Å². The number of hydrogen-bond acceptors (Lipinski definition) is 3. The van der Waals surface area contributed by atoms with Gasteiger partial charge in [-0.25, -0.2) is 0 Å². The molecule has 0 aliphatic heterocycles. The molecule has 0 radical (unpaired) electrons. The molecule has 0 saturated carbocycles. The Hall–Kier alpha value is -1.29. The van der Waals surface area contributed by atoms with Crippen molar-refractivity contribution in [1.29, 1.82) is 0 Å². The lowest BCUT2D eigenvalue weighted by Gasteiger charge is -2.02. The molecule has 13 heavy (non-hydrogen) atoms. The first-order chi connectivity index (χ1) is 6.36. The van der Waals surface area contributed by atoms with Crippen LogP contribution in [0.15, 0.2) is 45.7 Å². The molecule has 0 saturated heterocycles. The van der Waals surface area contributed by atoms with Crippen molar-refractivity contribution in [2.75, 3.05) is 0 Å². The normalized spacial score (nSPS) is 9.92. The molecule has 0 aliphatic rings. The Morgan fingerprint density at radius 2 is 2.15 bits per heavy atom. The van der Waals surface area contributed by atoms with Crippen molar-refractivity contribution in [3.05, 3.63) is 41.2 Å². The van der Waals surface area contributed by atoms with E-state index in [1.807, 2.05) is 24.3 Å². The fraction of sp³-hybridized carbons (Fsp3) is 0.